The molecule has 2 atom stereocenters. The number of aryl methyl sites for hydroxylation is 2. The van der Waals surface area contributed by atoms with Gasteiger partial charge in [-0.05, 0) is 114 Å². The third-order valence-electron chi connectivity index (χ3n) is 8.22. The van der Waals surface area contributed by atoms with Gasteiger partial charge in [-0.2, -0.15) is 0 Å². The van der Waals surface area contributed by atoms with E-state index in [9.17, 15) is 30.3 Å². The van der Waals surface area contributed by atoms with Gasteiger partial charge < -0.3 is 40.3 Å². The standard InChI is InChI=1S/C37H38N2O8/c1-46-34-17-22(4-12-32(34)43)3-10-30(41)29(31(42)11-5-23-16-33(44)37(45)35(18-23)47-2)15-24-13-14-38-36(19-24)39-27-8-6-26-21-28(40)9-7-25(26)20-27/h4,6-9,12-14,16-21,29-30,40-41,43-45H,3,5,10-11,15H2,1-2H3,(H,38,39). The van der Waals surface area contributed by atoms with E-state index in [2.05, 4.69) is 10.3 Å². The van der Waals surface area contributed by atoms with Gasteiger partial charge in [0.25, 0.3) is 0 Å². The van der Waals surface area contributed by atoms with Crippen LogP contribution in [0.25, 0.3) is 10.8 Å². The largest absolute Gasteiger partial charge is 0.508 e. The number of aliphatic hydroxyl groups excluding tert-OH is 1. The van der Waals surface area contributed by atoms with Gasteiger partial charge in [0.2, 0.25) is 5.75 Å². The number of phenolic OH excluding ortho intramolecular Hbond substituents is 4. The molecule has 5 rings (SSSR count). The van der Waals surface area contributed by atoms with E-state index < -0.39 is 12.0 Å². The Kier molecular flexibility index (Phi) is 10.3. The monoisotopic (exact) mass is 638 g/mol. The first-order chi connectivity index (χ1) is 22.6. The van der Waals surface area contributed by atoms with Gasteiger partial charge in [0.1, 0.15) is 17.4 Å². The number of benzene rings is 4. The number of aromatic nitrogens is 1. The molecule has 4 aromatic carbocycles. The summed E-state index contributed by atoms with van der Waals surface area (Å²) in [6.07, 6.45) is 2.03. The number of aromatic hydroxyl groups is 4. The van der Waals surface area contributed by atoms with Crippen LogP contribution in [0.1, 0.15) is 29.5 Å². The second kappa shape index (κ2) is 14.7. The number of pyridine rings is 1. The predicted octanol–water partition coefficient (Wildman–Crippen LogP) is 6.17. The van der Waals surface area contributed by atoms with Crippen LogP contribution in [-0.2, 0) is 24.1 Å². The number of hydrogen-bond donors (Lipinski definition) is 6. The average molecular weight is 639 g/mol. The van der Waals surface area contributed by atoms with Crippen molar-refractivity contribution in [1.29, 1.82) is 0 Å². The Morgan fingerprint density at radius 2 is 1.51 bits per heavy atom. The van der Waals surface area contributed by atoms with E-state index in [1.807, 2.05) is 36.4 Å². The molecule has 10 heteroatoms. The number of rotatable bonds is 14. The van der Waals surface area contributed by atoms with Crippen LogP contribution in [0.4, 0.5) is 11.5 Å². The van der Waals surface area contributed by atoms with Crippen molar-refractivity contribution in [3.8, 4) is 34.5 Å². The molecule has 47 heavy (non-hydrogen) atoms. The normalized spacial score (nSPS) is 12.4. The lowest BCUT2D eigenvalue weighted by Gasteiger charge is -2.23. The van der Waals surface area contributed by atoms with E-state index in [-0.39, 0.29) is 53.8 Å². The molecule has 0 bridgehead atoms. The van der Waals surface area contributed by atoms with Gasteiger partial charge in [-0.1, -0.05) is 18.2 Å². The van der Waals surface area contributed by atoms with Crippen LogP contribution in [0.15, 0.2) is 85.1 Å². The van der Waals surface area contributed by atoms with Crippen LogP contribution in [-0.4, -0.2) is 56.6 Å². The van der Waals surface area contributed by atoms with E-state index in [1.165, 1.54) is 26.4 Å². The maximum Gasteiger partial charge on any atom is 0.200 e. The lowest BCUT2D eigenvalue weighted by molar-refractivity contribution is -0.126. The molecule has 0 saturated carbocycles. The molecular formula is C37H38N2O8. The molecule has 0 fully saturated rings. The minimum absolute atomic E-state index is 0.0202. The summed E-state index contributed by atoms with van der Waals surface area (Å²) >= 11 is 0. The van der Waals surface area contributed by atoms with E-state index in [0.717, 1.165) is 27.6 Å². The average Bonchev–Trinajstić information content (AvgIpc) is 3.07. The van der Waals surface area contributed by atoms with Crippen LogP contribution in [0.2, 0.25) is 0 Å². The van der Waals surface area contributed by atoms with Gasteiger partial charge in [0.05, 0.1) is 20.3 Å². The van der Waals surface area contributed by atoms with Gasteiger partial charge in [0, 0.05) is 24.2 Å². The molecule has 0 spiro atoms. The van der Waals surface area contributed by atoms with Crippen LogP contribution in [0.5, 0.6) is 34.5 Å². The molecule has 0 aliphatic heterocycles. The van der Waals surface area contributed by atoms with Crippen molar-refractivity contribution in [2.24, 2.45) is 5.92 Å². The molecule has 0 radical (unpaired) electrons. The van der Waals surface area contributed by atoms with E-state index in [0.29, 0.717) is 30.0 Å². The summed E-state index contributed by atoms with van der Waals surface area (Å²) in [5.74, 6) is -0.380. The number of fused-ring (bicyclic) bond motifs is 1. The summed E-state index contributed by atoms with van der Waals surface area (Å²) in [6, 6.07) is 22.5. The van der Waals surface area contributed by atoms with Crippen LogP contribution in [0.3, 0.4) is 0 Å². The fourth-order valence-electron chi connectivity index (χ4n) is 5.64. The SMILES string of the molecule is COc1cc(CCC(O)C(Cc2ccnc(Nc3ccc4cc(O)ccc4c3)c2)C(=O)CCc2cc(O)c(O)c(OC)c2)ccc1O. The predicted molar refractivity (Wildman–Crippen MR) is 179 cm³/mol. The Bertz CT molecular complexity index is 1880. The fourth-order valence-corrected chi connectivity index (χ4v) is 5.64. The summed E-state index contributed by atoms with van der Waals surface area (Å²) in [7, 11) is 2.85. The van der Waals surface area contributed by atoms with Gasteiger partial charge in [0.15, 0.2) is 23.0 Å². The fraction of sp³-hybridized carbons (Fsp3) is 0.243. The molecule has 1 heterocycles. The van der Waals surface area contributed by atoms with Crippen LogP contribution >= 0.6 is 0 Å². The zero-order valence-electron chi connectivity index (χ0n) is 26.2. The number of hydrogen-bond acceptors (Lipinski definition) is 10. The molecule has 5 aromatic rings. The first kappa shape index (κ1) is 32.9. The molecule has 0 aliphatic carbocycles. The van der Waals surface area contributed by atoms with E-state index in [1.54, 1.807) is 36.5 Å². The number of carbonyl (C=O) groups excluding carboxylic acids is 1. The second-order valence-electron chi connectivity index (χ2n) is 11.5. The highest BCUT2D eigenvalue weighted by Gasteiger charge is 2.27. The number of carbonyl (C=O) groups is 1. The molecule has 244 valence electrons. The molecule has 10 nitrogen and oxygen atoms in total. The minimum Gasteiger partial charge on any atom is -0.508 e. The maximum atomic E-state index is 13.7. The number of anilines is 2. The molecule has 0 amide bonds. The van der Waals surface area contributed by atoms with Gasteiger partial charge >= 0.3 is 0 Å². The number of ether oxygens (including phenoxy) is 2. The van der Waals surface area contributed by atoms with Crippen molar-refractivity contribution in [2.45, 2.75) is 38.2 Å². The molecule has 2 unspecified atom stereocenters. The topological polar surface area (TPSA) is 162 Å². The smallest absolute Gasteiger partial charge is 0.200 e. The van der Waals surface area contributed by atoms with Crippen molar-refractivity contribution in [2.75, 3.05) is 19.5 Å². The summed E-state index contributed by atoms with van der Waals surface area (Å²) in [5.41, 5.74) is 3.06. The maximum absolute atomic E-state index is 13.7. The molecule has 0 saturated heterocycles. The third kappa shape index (κ3) is 8.22. The molecule has 6 N–H and O–H groups in total. The summed E-state index contributed by atoms with van der Waals surface area (Å²) < 4.78 is 10.3. The highest BCUT2D eigenvalue weighted by atomic mass is 16.5. The van der Waals surface area contributed by atoms with Crippen molar-refractivity contribution < 1.29 is 39.8 Å². The zero-order chi connectivity index (χ0) is 33.5. The van der Waals surface area contributed by atoms with Crippen molar-refractivity contribution in [3.63, 3.8) is 0 Å². The van der Waals surface area contributed by atoms with Crippen molar-refractivity contribution >= 4 is 28.1 Å². The number of nitrogens with one attached hydrogen (secondary N) is 1. The lowest BCUT2D eigenvalue weighted by atomic mass is 9.85. The first-order valence-electron chi connectivity index (χ1n) is 15.2. The number of phenols is 4. The summed E-state index contributed by atoms with van der Waals surface area (Å²) in [4.78, 5) is 18.2. The lowest BCUT2D eigenvalue weighted by Crippen LogP contribution is -2.31. The summed E-state index contributed by atoms with van der Waals surface area (Å²) in [5, 5.41) is 56.4. The Labute approximate surface area is 272 Å². The van der Waals surface area contributed by atoms with E-state index in [4.69, 9.17) is 9.47 Å². The Balaban J connectivity index is 1.34. The minimum atomic E-state index is -0.980. The van der Waals surface area contributed by atoms with Crippen molar-refractivity contribution in [3.05, 3.63) is 102 Å². The second-order valence-corrected chi connectivity index (χ2v) is 11.5. The number of methoxy groups -OCH3 is 2. The number of Topliss-reactive ketones (excluding diaryl/α,β-unsaturated/α-hetero) is 1. The molecular weight excluding hydrogens is 600 g/mol. The van der Waals surface area contributed by atoms with Crippen LogP contribution in [0, 0.1) is 5.92 Å². The highest BCUT2D eigenvalue weighted by molar-refractivity contribution is 5.87. The van der Waals surface area contributed by atoms with Gasteiger partial charge in [-0.25, -0.2) is 4.98 Å². The third-order valence-corrected chi connectivity index (χ3v) is 8.22. The Hall–Kier alpha value is -5.48. The van der Waals surface area contributed by atoms with Crippen LogP contribution < -0.4 is 14.8 Å². The van der Waals surface area contributed by atoms with Gasteiger partial charge in [-0.3, -0.25) is 4.79 Å². The van der Waals surface area contributed by atoms with Gasteiger partial charge in [-0.15, -0.1) is 0 Å². The summed E-state index contributed by atoms with van der Waals surface area (Å²) in [6.45, 7) is 0. The number of nitrogens with zero attached hydrogens (tertiary/aromatic N) is 1. The number of ketones is 1. The Morgan fingerprint density at radius 3 is 2.30 bits per heavy atom. The molecule has 1 aromatic heterocycles. The Morgan fingerprint density at radius 1 is 0.766 bits per heavy atom. The first-order valence-corrected chi connectivity index (χ1v) is 15.2. The quantitative estimate of drug-likeness (QED) is 0.0776. The van der Waals surface area contributed by atoms with Crippen molar-refractivity contribution in [1.82, 2.24) is 4.98 Å². The zero-order valence-corrected chi connectivity index (χ0v) is 26.2. The highest BCUT2D eigenvalue weighted by Crippen LogP contribution is 2.37. The van der Waals surface area contributed by atoms with E-state index >= 15 is 0 Å². The number of aliphatic hydroxyl groups is 1. The molecule has 0 aliphatic rings.